The van der Waals surface area contributed by atoms with Crippen LogP contribution in [0, 0.1) is 0 Å². The van der Waals surface area contributed by atoms with Gasteiger partial charge in [-0.25, -0.2) is 0 Å². The van der Waals surface area contributed by atoms with Crippen LogP contribution in [0.5, 0.6) is 11.5 Å². The molecule has 0 aliphatic carbocycles. The number of thioether (sulfide) groups is 1. The molecule has 4 rings (SSSR count). The molecule has 11 heteroatoms. The number of benzene rings is 2. The monoisotopic (exact) mass is 494 g/mol. The number of rotatable bonds is 6. The Bertz CT molecular complexity index is 1150. The standard InChI is InChI=1S/C22H17F3N2O4S2/c23-22(24,25)14-3-1-4-15(11-14)26-19(28)5-2-8-27-20(29)18(33-21(27)32)10-13-6-7-16-17(9-13)31-12-30-16/h1,3-4,6-7,9-11H,2,5,8,12H2,(H,26,28). The molecule has 1 saturated heterocycles. The van der Waals surface area contributed by atoms with Gasteiger partial charge in [-0.05, 0) is 48.4 Å². The molecule has 0 radical (unpaired) electrons. The normalized spacial score (nSPS) is 16.6. The van der Waals surface area contributed by atoms with Gasteiger partial charge in [0.15, 0.2) is 11.5 Å². The van der Waals surface area contributed by atoms with E-state index in [4.69, 9.17) is 21.7 Å². The molecule has 0 atom stereocenters. The van der Waals surface area contributed by atoms with E-state index >= 15 is 0 Å². The van der Waals surface area contributed by atoms with E-state index in [1.54, 1.807) is 24.3 Å². The molecular formula is C22H17F3N2O4S2. The van der Waals surface area contributed by atoms with Gasteiger partial charge in [0.05, 0.1) is 10.5 Å². The fourth-order valence-electron chi connectivity index (χ4n) is 3.24. The number of nitrogens with one attached hydrogen (secondary N) is 1. The second kappa shape index (κ2) is 9.44. The molecule has 0 bridgehead atoms. The van der Waals surface area contributed by atoms with Gasteiger partial charge in [-0.1, -0.05) is 36.1 Å². The maximum absolute atomic E-state index is 12.8. The fourth-order valence-corrected chi connectivity index (χ4v) is 4.55. The second-order valence-corrected chi connectivity index (χ2v) is 8.85. The van der Waals surface area contributed by atoms with E-state index in [1.165, 1.54) is 17.0 Å². The van der Waals surface area contributed by atoms with Crippen molar-refractivity contribution in [1.82, 2.24) is 4.90 Å². The summed E-state index contributed by atoms with van der Waals surface area (Å²) in [5.41, 5.74) is -0.0144. The maximum Gasteiger partial charge on any atom is 0.416 e. The van der Waals surface area contributed by atoms with Gasteiger partial charge in [0, 0.05) is 18.7 Å². The van der Waals surface area contributed by atoms with Crippen molar-refractivity contribution in [3.63, 3.8) is 0 Å². The Kier molecular flexibility index (Phi) is 6.61. The van der Waals surface area contributed by atoms with Crippen LogP contribution in [0.25, 0.3) is 6.08 Å². The molecule has 2 aliphatic heterocycles. The van der Waals surface area contributed by atoms with Crippen LogP contribution in [-0.2, 0) is 15.8 Å². The Morgan fingerprint density at radius 1 is 1.18 bits per heavy atom. The van der Waals surface area contributed by atoms with E-state index in [0.717, 1.165) is 29.5 Å². The van der Waals surface area contributed by atoms with Crippen molar-refractivity contribution in [3.05, 3.63) is 58.5 Å². The summed E-state index contributed by atoms with van der Waals surface area (Å²) in [4.78, 5) is 26.7. The molecule has 6 nitrogen and oxygen atoms in total. The van der Waals surface area contributed by atoms with Crippen LogP contribution < -0.4 is 14.8 Å². The molecule has 0 saturated carbocycles. The van der Waals surface area contributed by atoms with Gasteiger partial charge in [-0.3, -0.25) is 14.5 Å². The van der Waals surface area contributed by atoms with E-state index < -0.39 is 17.6 Å². The van der Waals surface area contributed by atoms with Gasteiger partial charge >= 0.3 is 6.18 Å². The summed E-state index contributed by atoms with van der Waals surface area (Å²) in [6.45, 7) is 0.376. The number of nitrogens with zero attached hydrogens (tertiary/aromatic N) is 1. The molecule has 33 heavy (non-hydrogen) atoms. The van der Waals surface area contributed by atoms with Crippen LogP contribution in [0.4, 0.5) is 18.9 Å². The topological polar surface area (TPSA) is 67.9 Å². The summed E-state index contributed by atoms with van der Waals surface area (Å²) in [6.07, 6.45) is -2.46. The molecule has 2 aromatic rings. The molecule has 2 heterocycles. The number of anilines is 1. The lowest BCUT2D eigenvalue weighted by molar-refractivity contribution is -0.137. The zero-order valence-electron chi connectivity index (χ0n) is 17.0. The Morgan fingerprint density at radius 3 is 2.76 bits per heavy atom. The molecule has 1 N–H and O–H groups in total. The molecule has 0 spiro atoms. The van der Waals surface area contributed by atoms with E-state index in [1.807, 2.05) is 0 Å². The summed E-state index contributed by atoms with van der Waals surface area (Å²) in [5.74, 6) is 0.533. The fraction of sp³-hybridized carbons (Fsp3) is 0.227. The van der Waals surface area contributed by atoms with E-state index in [-0.39, 0.29) is 31.4 Å². The number of thiocarbonyl (C=S) groups is 1. The third-order valence-corrected chi connectivity index (χ3v) is 6.20. The number of alkyl halides is 3. The van der Waals surface area contributed by atoms with Crippen LogP contribution in [0.2, 0.25) is 0 Å². The SMILES string of the molecule is O=C(CCCN1C(=O)C(=Cc2ccc3c(c2)OCO3)SC1=S)Nc1cccc(C(F)(F)F)c1. The number of amides is 2. The predicted molar refractivity (Wildman–Crippen MR) is 122 cm³/mol. The van der Waals surface area contributed by atoms with E-state index in [0.29, 0.717) is 27.1 Å². The Hall–Kier alpha value is -3.05. The second-order valence-electron chi connectivity index (χ2n) is 7.18. The Morgan fingerprint density at radius 2 is 1.97 bits per heavy atom. The molecule has 2 aromatic carbocycles. The van der Waals surface area contributed by atoms with E-state index in [2.05, 4.69) is 5.32 Å². The van der Waals surface area contributed by atoms with Crippen molar-refractivity contribution >= 4 is 51.9 Å². The lowest BCUT2D eigenvalue weighted by atomic mass is 10.2. The first kappa shape index (κ1) is 23.1. The highest BCUT2D eigenvalue weighted by atomic mass is 32.2. The highest BCUT2D eigenvalue weighted by Crippen LogP contribution is 2.36. The van der Waals surface area contributed by atoms with Crippen molar-refractivity contribution in [3.8, 4) is 11.5 Å². The van der Waals surface area contributed by atoms with Crippen molar-refractivity contribution < 1.29 is 32.2 Å². The minimum absolute atomic E-state index is 0.0223. The first-order chi connectivity index (χ1) is 15.7. The first-order valence-corrected chi connectivity index (χ1v) is 11.1. The molecule has 2 aliphatic rings. The summed E-state index contributed by atoms with van der Waals surface area (Å²) < 4.78 is 49.4. The van der Waals surface area contributed by atoms with Crippen LogP contribution >= 0.6 is 24.0 Å². The van der Waals surface area contributed by atoms with Crippen LogP contribution in [0.1, 0.15) is 24.0 Å². The van der Waals surface area contributed by atoms with Crippen LogP contribution in [0.3, 0.4) is 0 Å². The molecular weight excluding hydrogens is 477 g/mol. The highest BCUT2D eigenvalue weighted by Gasteiger charge is 2.32. The molecule has 2 amide bonds. The number of carbonyl (C=O) groups is 2. The molecule has 0 unspecified atom stereocenters. The lowest BCUT2D eigenvalue weighted by Crippen LogP contribution is -2.29. The predicted octanol–water partition coefficient (Wildman–Crippen LogP) is 5.05. The van der Waals surface area contributed by atoms with Crippen LogP contribution in [-0.4, -0.2) is 34.4 Å². The average molecular weight is 495 g/mol. The lowest BCUT2D eigenvalue weighted by Gasteiger charge is -2.14. The maximum atomic E-state index is 12.8. The van der Waals surface area contributed by atoms with Gasteiger partial charge in [-0.15, -0.1) is 0 Å². The average Bonchev–Trinajstić information content (AvgIpc) is 3.32. The summed E-state index contributed by atoms with van der Waals surface area (Å²) in [6, 6.07) is 9.76. The van der Waals surface area contributed by atoms with Crippen molar-refractivity contribution in [1.29, 1.82) is 0 Å². The van der Waals surface area contributed by atoms with E-state index in [9.17, 15) is 22.8 Å². The zero-order chi connectivity index (χ0) is 23.6. The first-order valence-electron chi connectivity index (χ1n) is 9.83. The Labute approximate surface area is 196 Å². The largest absolute Gasteiger partial charge is 0.454 e. The number of halogens is 3. The minimum Gasteiger partial charge on any atom is -0.454 e. The summed E-state index contributed by atoms with van der Waals surface area (Å²) >= 11 is 6.46. The summed E-state index contributed by atoms with van der Waals surface area (Å²) in [7, 11) is 0. The van der Waals surface area contributed by atoms with Crippen molar-refractivity contribution in [2.45, 2.75) is 19.0 Å². The molecule has 0 aromatic heterocycles. The molecule has 172 valence electrons. The molecule has 1 fully saturated rings. The number of hydrogen-bond acceptors (Lipinski definition) is 6. The number of carbonyl (C=O) groups excluding carboxylic acids is 2. The van der Waals surface area contributed by atoms with Gasteiger partial charge in [0.25, 0.3) is 5.91 Å². The van der Waals surface area contributed by atoms with Crippen LogP contribution in [0.15, 0.2) is 47.4 Å². The highest BCUT2D eigenvalue weighted by molar-refractivity contribution is 8.26. The zero-order valence-corrected chi connectivity index (χ0v) is 18.6. The third-order valence-electron chi connectivity index (χ3n) is 4.83. The Balaban J connectivity index is 1.31. The van der Waals surface area contributed by atoms with Gasteiger partial charge in [0.1, 0.15) is 4.32 Å². The van der Waals surface area contributed by atoms with Gasteiger partial charge in [-0.2, -0.15) is 13.2 Å². The number of fused-ring (bicyclic) bond motifs is 1. The van der Waals surface area contributed by atoms with Gasteiger partial charge in [0.2, 0.25) is 12.7 Å². The van der Waals surface area contributed by atoms with Crippen molar-refractivity contribution in [2.75, 3.05) is 18.7 Å². The number of ether oxygens (including phenoxy) is 2. The summed E-state index contributed by atoms with van der Waals surface area (Å²) in [5, 5.41) is 2.45. The third kappa shape index (κ3) is 5.48. The number of hydrogen-bond donors (Lipinski definition) is 1. The van der Waals surface area contributed by atoms with Gasteiger partial charge < -0.3 is 14.8 Å². The smallest absolute Gasteiger partial charge is 0.416 e. The van der Waals surface area contributed by atoms with Crippen molar-refractivity contribution in [2.24, 2.45) is 0 Å². The quantitative estimate of drug-likeness (QED) is 0.448. The minimum atomic E-state index is -4.49.